The summed E-state index contributed by atoms with van der Waals surface area (Å²) in [6.45, 7) is 1.40. The molecule has 3 nitrogen and oxygen atoms in total. The third-order valence-corrected chi connectivity index (χ3v) is 2.36. The van der Waals surface area contributed by atoms with Crippen molar-refractivity contribution in [2.45, 2.75) is 19.4 Å². The highest BCUT2D eigenvalue weighted by molar-refractivity contribution is 5.40. The molecule has 3 heteroatoms. The SMILES string of the molecule is C#CCCCOc1ccc(OC)cc1CNC. The van der Waals surface area contributed by atoms with Gasteiger partial charge in [0.15, 0.2) is 0 Å². The molecule has 0 spiro atoms. The van der Waals surface area contributed by atoms with Crippen LogP contribution in [-0.2, 0) is 6.54 Å². The summed E-state index contributed by atoms with van der Waals surface area (Å²) in [6.07, 6.45) is 6.82. The van der Waals surface area contributed by atoms with E-state index in [9.17, 15) is 0 Å². The second kappa shape index (κ2) is 7.59. The van der Waals surface area contributed by atoms with E-state index in [2.05, 4.69) is 11.2 Å². The fraction of sp³-hybridized carbons (Fsp3) is 0.429. The summed E-state index contributed by atoms with van der Waals surface area (Å²) in [6, 6.07) is 5.81. The second-order valence-electron chi connectivity index (χ2n) is 3.66. The monoisotopic (exact) mass is 233 g/mol. The molecule has 0 unspecified atom stereocenters. The summed E-state index contributed by atoms with van der Waals surface area (Å²) in [7, 11) is 3.56. The Morgan fingerprint density at radius 3 is 2.88 bits per heavy atom. The molecule has 0 heterocycles. The zero-order valence-electron chi connectivity index (χ0n) is 10.5. The molecule has 0 amide bonds. The number of ether oxygens (including phenoxy) is 2. The van der Waals surface area contributed by atoms with Gasteiger partial charge >= 0.3 is 0 Å². The Bertz CT molecular complexity index is 382. The van der Waals surface area contributed by atoms with Gasteiger partial charge in [0.2, 0.25) is 0 Å². The third-order valence-electron chi connectivity index (χ3n) is 2.36. The summed E-state index contributed by atoms with van der Waals surface area (Å²) in [5.41, 5.74) is 1.09. The molecule has 0 radical (unpaired) electrons. The summed E-state index contributed by atoms with van der Waals surface area (Å²) in [5, 5.41) is 3.11. The van der Waals surface area contributed by atoms with Gasteiger partial charge in [-0.3, -0.25) is 0 Å². The number of rotatable bonds is 7. The lowest BCUT2D eigenvalue weighted by molar-refractivity contribution is 0.308. The Labute approximate surface area is 103 Å². The maximum absolute atomic E-state index is 5.70. The zero-order chi connectivity index (χ0) is 12.5. The Hall–Kier alpha value is -1.66. The molecule has 1 N–H and O–H groups in total. The average molecular weight is 233 g/mol. The van der Waals surface area contributed by atoms with Crippen LogP contribution in [0, 0.1) is 12.3 Å². The number of terminal acetylenes is 1. The number of methoxy groups -OCH3 is 1. The predicted octanol–water partition coefficient (Wildman–Crippen LogP) is 2.21. The van der Waals surface area contributed by atoms with Gasteiger partial charge in [0.25, 0.3) is 0 Å². The van der Waals surface area contributed by atoms with E-state index in [1.807, 2.05) is 25.2 Å². The van der Waals surface area contributed by atoms with Crippen LogP contribution in [0.1, 0.15) is 18.4 Å². The first-order chi connectivity index (χ1) is 8.31. The molecule has 0 aliphatic carbocycles. The molecule has 17 heavy (non-hydrogen) atoms. The molecule has 1 aromatic carbocycles. The van der Waals surface area contributed by atoms with E-state index in [1.165, 1.54) is 0 Å². The summed E-state index contributed by atoms with van der Waals surface area (Å²) in [4.78, 5) is 0. The Balaban J connectivity index is 2.66. The van der Waals surface area contributed by atoms with E-state index >= 15 is 0 Å². The lowest BCUT2D eigenvalue weighted by Crippen LogP contribution is -2.08. The van der Waals surface area contributed by atoms with Crippen LogP contribution in [0.4, 0.5) is 0 Å². The number of benzene rings is 1. The molecule has 0 fully saturated rings. The zero-order valence-corrected chi connectivity index (χ0v) is 10.5. The van der Waals surface area contributed by atoms with Gasteiger partial charge in [-0.2, -0.15) is 0 Å². The lowest BCUT2D eigenvalue weighted by Gasteiger charge is -2.12. The maximum Gasteiger partial charge on any atom is 0.124 e. The topological polar surface area (TPSA) is 30.5 Å². The lowest BCUT2D eigenvalue weighted by atomic mass is 10.2. The van der Waals surface area contributed by atoms with E-state index in [-0.39, 0.29) is 0 Å². The van der Waals surface area contributed by atoms with Gasteiger partial charge < -0.3 is 14.8 Å². The smallest absolute Gasteiger partial charge is 0.124 e. The molecule has 0 saturated carbocycles. The van der Waals surface area contributed by atoms with Crippen LogP contribution in [0.3, 0.4) is 0 Å². The standard InChI is InChI=1S/C14H19NO2/c1-4-5-6-9-17-14-8-7-13(16-3)10-12(14)11-15-2/h1,7-8,10,15H,5-6,9,11H2,2-3H3. The van der Waals surface area contributed by atoms with Gasteiger partial charge in [-0.05, 0) is 31.7 Å². The number of nitrogens with one attached hydrogen (secondary N) is 1. The molecule has 1 rings (SSSR count). The van der Waals surface area contributed by atoms with Crippen molar-refractivity contribution in [3.05, 3.63) is 23.8 Å². The molecular formula is C14H19NO2. The van der Waals surface area contributed by atoms with E-state index < -0.39 is 0 Å². The number of unbranched alkanes of at least 4 members (excludes halogenated alkanes) is 1. The van der Waals surface area contributed by atoms with E-state index in [0.717, 1.165) is 36.4 Å². The summed E-state index contributed by atoms with van der Waals surface area (Å²) < 4.78 is 10.9. The van der Waals surface area contributed by atoms with Crippen molar-refractivity contribution >= 4 is 0 Å². The van der Waals surface area contributed by atoms with Crippen LogP contribution in [0.2, 0.25) is 0 Å². The number of hydrogen-bond donors (Lipinski definition) is 1. The van der Waals surface area contributed by atoms with Crippen LogP contribution in [0.15, 0.2) is 18.2 Å². The maximum atomic E-state index is 5.70. The summed E-state index contributed by atoms with van der Waals surface area (Å²) in [5.74, 6) is 4.33. The molecular weight excluding hydrogens is 214 g/mol. The largest absolute Gasteiger partial charge is 0.497 e. The molecule has 0 aromatic heterocycles. The van der Waals surface area contributed by atoms with Crippen molar-refractivity contribution in [3.8, 4) is 23.8 Å². The third kappa shape index (κ3) is 4.38. The van der Waals surface area contributed by atoms with E-state index in [4.69, 9.17) is 15.9 Å². The minimum Gasteiger partial charge on any atom is -0.497 e. The van der Waals surface area contributed by atoms with Crippen LogP contribution in [-0.4, -0.2) is 20.8 Å². The van der Waals surface area contributed by atoms with Crippen molar-refractivity contribution in [2.75, 3.05) is 20.8 Å². The van der Waals surface area contributed by atoms with Crippen LogP contribution in [0.25, 0.3) is 0 Å². The van der Waals surface area contributed by atoms with Crippen molar-refractivity contribution < 1.29 is 9.47 Å². The van der Waals surface area contributed by atoms with Crippen molar-refractivity contribution in [1.82, 2.24) is 5.32 Å². The highest BCUT2D eigenvalue weighted by Gasteiger charge is 2.04. The quantitative estimate of drug-likeness (QED) is 0.578. The molecule has 0 atom stereocenters. The molecule has 92 valence electrons. The van der Waals surface area contributed by atoms with E-state index in [0.29, 0.717) is 6.61 Å². The Morgan fingerprint density at radius 2 is 2.24 bits per heavy atom. The van der Waals surface area contributed by atoms with Gasteiger partial charge in [-0.15, -0.1) is 12.3 Å². The fourth-order valence-corrected chi connectivity index (χ4v) is 1.51. The average Bonchev–Trinajstić information content (AvgIpc) is 2.36. The van der Waals surface area contributed by atoms with Gasteiger partial charge in [-0.25, -0.2) is 0 Å². The highest BCUT2D eigenvalue weighted by atomic mass is 16.5. The van der Waals surface area contributed by atoms with Crippen molar-refractivity contribution in [3.63, 3.8) is 0 Å². The van der Waals surface area contributed by atoms with Crippen LogP contribution in [0.5, 0.6) is 11.5 Å². The van der Waals surface area contributed by atoms with Crippen molar-refractivity contribution in [2.24, 2.45) is 0 Å². The van der Waals surface area contributed by atoms with Gasteiger partial charge in [0.1, 0.15) is 11.5 Å². The molecule has 0 bridgehead atoms. The molecule has 0 saturated heterocycles. The minimum absolute atomic E-state index is 0.646. The number of hydrogen-bond acceptors (Lipinski definition) is 3. The predicted molar refractivity (Wildman–Crippen MR) is 69.3 cm³/mol. The first-order valence-corrected chi connectivity index (χ1v) is 5.69. The first kappa shape index (κ1) is 13.4. The molecule has 0 aliphatic rings. The van der Waals surface area contributed by atoms with Crippen LogP contribution >= 0.6 is 0 Å². The van der Waals surface area contributed by atoms with Crippen molar-refractivity contribution in [1.29, 1.82) is 0 Å². The van der Waals surface area contributed by atoms with E-state index in [1.54, 1.807) is 7.11 Å². The fourth-order valence-electron chi connectivity index (χ4n) is 1.51. The van der Waals surface area contributed by atoms with Gasteiger partial charge in [-0.1, -0.05) is 0 Å². The highest BCUT2D eigenvalue weighted by Crippen LogP contribution is 2.24. The van der Waals surface area contributed by atoms with Gasteiger partial charge in [0, 0.05) is 18.5 Å². The second-order valence-corrected chi connectivity index (χ2v) is 3.66. The summed E-state index contributed by atoms with van der Waals surface area (Å²) >= 11 is 0. The minimum atomic E-state index is 0.646. The Kier molecular flexibility index (Phi) is 5.98. The molecule has 1 aromatic rings. The van der Waals surface area contributed by atoms with Crippen LogP contribution < -0.4 is 14.8 Å². The molecule has 0 aliphatic heterocycles. The van der Waals surface area contributed by atoms with Gasteiger partial charge in [0.05, 0.1) is 13.7 Å². The first-order valence-electron chi connectivity index (χ1n) is 5.69. The normalized spacial score (nSPS) is 9.71. The Morgan fingerprint density at radius 1 is 1.41 bits per heavy atom.